The molecule has 6 heteroatoms. The third-order valence-corrected chi connectivity index (χ3v) is 6.37. The fourth-order valence-corrected chi connectivity index (χ4v) is 5.15. The summed E-state index contributed by atoms with van der Waals surface area (Å²) in [6.07, 6.45) is 5.95. The number of hydrogen-bond donors (Lipinski definition) is 3. The van der Waals surface area contributed by atoms with Crippen LogP contribution in [-0.2, 0) is 22.6 Å². The van der Waals surface area contributed by atoms with E-state index in [1.165, 1.54) is 11.1 Å². The Hall–Kier alpha value is -3.54. The monoisotopic (exact) mass is 385 g/mol. The number of fused-ring (bicyclic) bond motifs is 1. The minimum absolute atomic E-state index is 0.156. The van der Waals surface area contributed by atoms with Gasteiger partial charge in [0.15, 0.2) is 0 Å². The summed E-state index contributed by atoms with van der Waals surface area (Å²) in [6, 6.07) is 11.3. The maximum Gasteiger partial charge on any atom is 0.235 e. The number of amides is 2. The minimum Gasteiger partial charge on any atom is -0.508 e. The molecule has 2 atom stereocenters. The maximum atomic E-state index is 12.9. The molecule has 2 aromatic heterocycles. The normalized spacial score (nSPS) is 21.2. The molecule has 2 aliphatic rings. The van der Waals surface area contributed by atoms with Gasteiger partial charge < -0.3 is 14.7 Å². The van der Waals surface area contributed by atoms with Gasteiger partial charge in [-0.1, -0.05) is 18.2 Å². The van der Waals surface area contributed by atoms with Crippen LogP contribution in [-0.4, -0.2) is 26.5 Å². The molecule has 6 rings (SSSR count). The summed E-state index contributed by atoms with van der Waals surface area (Å²) >= 11 is 0. The lowest BCUT2D eigenvalue weighted by Gasteiger charge is -2.15. The van der Waals surface area contributed by atoms with Crippen LogP contribution in [0.25, 0.3) is 21.8 Å². The molecule has 6 nitrogen and oxygen atoms in total. The summed E-state index contributed by atoms with van der Waals surface area (Å²) in [5.74, 6) is -1.56. The zero-order valence-electron chi connectivity index (χ0n) is 15.6. The van der Waals surface area contributed by atoms with Crippen molar-refractivity contribution in [2.45, 2.75) is 31.2 Å². The SMILES string of the molecule is O=C1NC(=O)C(c2cn3c4c(cccc24)CCC3)C1c1c[nH]c2cc(O)ccc12. The van der Waals surface area contributed by atoms with Crippen molar-refractivity contribution in [3.05, 3.63) is 65.5 Å². The van der Waals surface area contributed by atoms with E-state index in [-0.39, 0.29) is 17.6 Å². The van der Waals surface area contributed by atoms with Gasteiger partial charge in [-0.05, 0) is 41.7 Å². The van der Waals surface area contributed by atoms with Crippen molar-refractivity contribution in [3.8, 4) is 5.75 Å². The van der Waals surface area contributed by atoms with Gasteiger partial charge in [0, 0.05) is 41.3 Å². The summed E-state index contributed by atoms with van der Waals surface area (Å²) in [5.41, 5.74) is 4.91. The van der Waals surface area contributed by atoms with E-state index < -0.39 is 11.8 Å². The Labute approximate surface area is 166 Å². The van der Waals surface area contributed by atoms with E-state index in [1.807, 2.05) is 6.07 Å². The molecule has 144 valence electrons. The highest BCUT2D eigenvalue weighted by Crippen LogP contribution is 2.44. The number of imide groups is 1. The Bertz CT molecular complexity index is 1330. The number of nitrogens with one attached hydrogen (secondary N) is 2. The zero-order chi connectivity index (χ0) is 19.7. The molecular weight excluding hydrogens is 366 g/mol. The van der Waals surface area contributed by atoms with Crippen molar-refractivity contribution in [3.63, 3.8) is 0 Å². The quantitative estimate of drug-likeness (QED) is 0.463. The number of aryl methyl sites for hydroxylation is 2. The van der Waals surface area contributed by atoms with E-state index in [2.05, 4.69) is 33.2 Å². The highest BCUT2D eigenvalue weighted by Gasteiger charge is 2.45. The molecule has 2 unspecified atom stereocenters. The van der Waals surface area contributed by atoms with Crippen molar-refractivity contribution >= 4 is 33.6 Å². The predicted octanol–water partition coefficient (Wildman–Crippen LogP) is 3.30. The summed E-state index contributed by atoms with van der Waals surface area (Å²) in [6.45, 7) is 0.923. The number of hydrogen-bond acceptors (Lipinski definition) is 3. The van der Waals surface area contributed by atoms with Crippen LogP contribution in [0.4, 0.5) is 0 Å². The van der Waals surface area contributed by atoms with Crippen LogP contribution in [0, 0.1) is 0 Å². The van der Waals surface area contributed by atoms with Crippen LogP contribution in [0.15, 0.2) is 48.8 Å². The van der Waals surface area contributed by atoms with Gasteiger partial charge in [0.1, 0.15) is 5.75 Å². The first-order chi connectivity index (χ1) is 14.1. The molecule has 0 bridgehead atoms. The summed E-state index contributed by atoms with van der Waals surface area (Å²) in [4.78, 5) is 28.9. The number of nitrogens with zero attached hydrogens (tertiary/aromatic N) is 1. The topological polar surface area (TPSA) is 87.1 Å². The van der Waals surface area contributed by atoms with Crippen molar-refractivity contribution in [2.24, 2.45) is 0 Å². The van der Waals surface area contributed by atoms with Crippen LogP contribution in [0.5, 0.6) is 5.75 Å². The Kier molecular flexibility index (Phi) is 3.25. The summed E-state index contributed by atoms with van der Waals surface area (Å²) in [7, 11) is 0. The number of aromatic amines is 1. The van der Waals surface area contributed by atoms with Crippen LogP contribution in [0.2, 0.25) is 0 Å². The minimum atomic E-state index is -0.607. The number of phenolic OH excluding ortho intramolecular Hbond substituents is 1. The molecule has 2 amide bonds. The van der Waals surface area contributed by atoms with Gasteiger partial charge in [-0.25, -0.2) is 0 Å². The third-order valence-electron chi connectivity index (χ3n) is 6.37. The fraction of sp³-hybridized carbons (Fsp3) is 0.217. The largest absolute Gasteiger partial charge is 0.508 e. The van der Waals surface area contributed by atoms with Crippen LogP contribution < -0.4 is 5.32 Å². The van der Waals surface area contributed by atoms with Gasteiger partial charge in [0.2, 0.25) is 11.8 Å². The molecule has 1 saturated heterocycles. The average Bonchev–Trinajstić information content (AvgIpc) is 3.36. The molecule has 4 heterocycles. The smallest absolute Gasteiger partial charge is 0.235 e. The van der Waals surface area contributed by atoms with Crippen molar-refractivity contribution in [1.82, 2.24) is 14.9 Å². The number of carbonyl (C=O) groups is 2. The Morgan fingerprint density at radius 3 is 2.69 bits per heavy atom. The van der Waals surface area contributed by atoms with Crippen molar-refractivity contribution < 1.29 is 14.7 Å². The first-order valence-corrected chi connectivity index (χ1v) is 9.87. The Morgan fingerprint density at radius 2 is 1.83 bits per heavy atom. The van der Waals surface area contributed by atoms with Gasteiger partial charge in [-0.15, -0.1) is 0 Å². The summed E-state index contributed by atoms with van der Waals surface area (Å²) < 4.78 is 2.23. The number of aromatic hydroxyl groups is 1. The van der Waals surface area contributed by atoms with Crippen LogP contribution in [0.1, 0.15) is 34.9 Å². The van der Waals surface area contributed by atoms with E-state index >= 15 is 0 Å². The standard InChI is InChI=1S/C23H19N3O3/c27-13-6-7-14-16(10-24-18(14)9-13)19-20(23(29)25-22(19)28)17-11-26-8-2-4-12-3-1-5-15(17)21(12)26/h1,3,5-7,9-11,19-20,24,27H,2,4,8H2,(H,25,28,29). The lowest BCUT2D eigenvalue weighted by atomic mass is 9.83. The van der Waals surface area contributed by atoms with Gasteiger partial charge in [0.25, 0.3) is 0 Å². The molecule has 4 aromatic rings. The third kappa shape index (κ3) is 2.23. The fourth-order valence-electron chi connectivity index (χ4n) is 5.15. The Morgan fingerprint density at radius 1 is 1.00 bits per heavy atom. The van der Waals surface area contributed by atoms with Crippen LogP contribution in [0.3, 0.4) is 0 Å². The molecule has 2 aliphatic heterocycles. The van der Waals surface area contributed by atoms with E-state index in [0.717, 1.165) is 46.8 Å². The molecule has 0 radical (unpaired) electrons. The zero-order valence-corrected chi connectivity index (χ0v) is 15.6. The van der Waals surface area contributed by atoms with E-state index in [0.29, 0.717) is 0 Å². The van der Waals surface area contributed by atoms with E-state index in [9.17, 15) is 14.7 Å². The second-order valence-corrected chi connectivity index (χ2v) is 7.98. The van der Waals surface area contributed by atoms with Gasteiger partial charge in [-0.3, -0.25) is 14.9 Å². The van der Waals surface area contributed by atoms with Gasteiger partial charge >= 0.3 is 0 Å². The number of para-hydroxylation sites is 1. The molecule has 3 N–H and O–H groups in total. The number of rotatable bonds is 2. The molecule has 0 spiro atoms. The van der Waals surface area contributed by atoms with E-state index in [1.54, 1.807) is 24.4 Å². The lowest BCUT2D eigenvalue weighted by molar-refractivity contribution is -0.125. The molecule has 0 saturated carbocycles. The molecule has 29 heavy (non-hydrogen) atoms. The summed E-state index contributed by atoms with van der Waals surface area (Å²) in [5, 5.41) is 14.2. The average molecular weight is 385 g/mol. The highest BCUT2D eigenvalue weighted by molar-refractivity contribution is 6.13. The number of H-pyrrole nitrogens is 1. The molecule has 0 aliphatic carbocycles. The Balaban J connectivity index is 1.57. The number of aromatic nitrogens is 2. The first-order valence-electron chi connectivity index (χ1n) is 9.87. The number of carbonyl (C=O) groups excluding carboxylic acids is 2. The highest BCUT2D eigenvalue weighted by atomic mass is 16.3. The van der Waals surface area contributed by atoms with Crippen LogP contribution >= 0.6 is 0 Å². The second-order valence-electron chi connectivity index (χ2n) is 7.98. The maximum absolute atomic E-state index is 12.9. The van der Waals surface area contributed by atoms with Crippen molar-refractivity contribution in [2.75, 3.05) is 0 Å². The van der Waals surface area contributed by atoms with Gasteiger partial charge in [0.05, 0.1) is 17.4 Å². The molecule has 2 aromatic carbocycles. The lowest BCUT2D eigenvalue weighted by Crippen LogP contribution is -2.21. The van der Waals surface area contributed by atoms with Gasteiger partial charge in [-0.2, -0.15) is 0 Å². The first kappa shape index (κ1) is 16.4. The van der Waals surface area contributed by atoms with Crippen molar-refractivity contribution in [1.29, 1.82) is 0 Å². The molecule has 1 fully saturated rings. The second kappa shape index (κ2) is 5.73. The number of phenols is 1. The van der Waals surface area contributed by atoms with E-state index in [4.69, 9.17) is 0 Å². The molecular formula is C23H19N3O3. The predicted molar refractivity (Wildman–Crippen MR) is 109 cm³/mol. The number of benzene rings is 2.